The van der Waals surface area contributed by atoms with E-state index in [1.54, 1.807) is 6.92 Å². The van der Waals surface area contributed by atoms with Crippen LogP contribution in [-0.4, -0.2) is 12.6 Å². The predicted octanol–water partition coefficient (Wildman–Crippen LogP) is 3.36. The van der Waals surface area contributed by atoms with Crippen molar-refractivity contribution in [3.8, 4) is 6.07 Å². The van der Waals surface area contributed by atoms with Crippen LogP contribution in [-0.2, 0) is 16.0 Å². The first-order chi connectivity index (χ1) is 8.49. The number of halogens is 3. The van der Waals surface area contributed by atoms with Gasteiger partial charge in [0.05, 0.1) is 24.7 Å². The predicted molar refractivity (Wildman–Crippen MR) is 64.2 cm³/mol. The number of hydrogen-bond acceptors (Lipinski definition) is 3. The molecule has 6 heteroatoms. The molecule has 0 N–H and O–H groups in total. The Labute approximate surface area is 111 Å². The SMILES string of the molecule is CCOC(=O)Cc1c(C#N)cc(Br)cc1C(F)F. The van der Waals surface area contributed by atoms with Crippen LogP contribution < -0.4 is 0 Å². The lowest BCUT2D eigenvalue weighted by Crippen LogP contribution is -2.11. The summed E-state index contributed by atoms with van der Waals surface area (Å²) in [4.78, 5) is 11.4. The standard InChI is InChI=1S/C12H10BrF2NO2/c1-2-18-11(17)5-9-7(6-16)3-8(13)4-10(9)12(14)15/h3-4,12H,2,5H2,1H3. The second-order valence-electron chi connectivity index (χ2n) is 3.42. The molecule has 18 heavy (non-hydrogen) atoms. The van der Waals surface area contributed by atoms with Crippen LogP contribution in [0.15, 0.2) is 16.6 Å². The summed E-state index contributed by atoms with van der Waals surface area (Å²) in [6, 6.07) is 4.42. The Morgan fingerprint density at radius 1 is 1.56 bits per heavy atom. The third kappa shape index (κ3) is 3.50. The zero-order valence-corrected chi connectivity index (χ0v) is 11.1. The molecule has 0 saturated heterocycles. The number of carbonyl (C=O) groups excluding carboxylic acids is 1. The van der Waals surface area contributed by atoms with Crippen LogP contribution in [0.25, 0.3) is 0 Å². The third-order valence-corrected chi connectivity index (χ3v) is 2.69. The molecule has 0 amide bonds. The first-order valence-electron chi connectivity index (χ1n) is 5.15. The van der Waals surface area contributed by atoms with Gasteiger partial charge in [0.1, 0.15) is 0 Å². The van der Waals surface area contributed by atoms with E-state index >= 15 is 0 Å². The van der Waals surface area contributed by atoms with Gasteiger partial charge in [0.15, 0.2) is 0 Å². The molecule has 0 spiro atoms. The Morgan fingerprint density at radius 2 is 2.22 bits per heavy atom. The number of ether oxygens (including phenoxy) is 1. The minimum atomic E-state index is -2.75. The summed E-state index contributed by atoms with van der Waals surface area (Å²) >= 11 is 3.05. The lowest BCUT2D eigenvalue weighted by molar-refractivity contribution is -0.142. The van der Waals surface area contributed by atoms with Crippen LogP contribution in [0.5, 0.6) is 0 Å². The highest BCUT2D eigenvalue weighted by Gasteiger charge is 2.20. The zero-order valence-electron chi connectivity index (χ0n) is 9.54. The Morgan fingerprint density at radius 3 is 2.72 bits per heavy atom. The summed E-state index contributed by atoms with van der Waals surface area (Å²) in [5.74, 6) is -0.627. The van der Waals surface area contributed by atoms with Gasteiger partial charge in [0, 0.05) is 10.0 Å². The lowest BCUT2D eigenvalue weighted by atomic mass is 9.99. The maximum absolute atomic E-state index is 12.9. The number of nitriles is 1. The van der Waals surface area contributed by atoms with E-state index in [1.807, 2.05) is 6.07 Å². The van der Waals surface area contributed by atoms with E-state index in [9.17, 15) is 13.6 Å². The van der Waals surface area contributed by atoms with Gasteiger partial charge < -0.3 is 4.74 Å². The van der Waals surface area contributed by atoms with Gasteiger partial charge in [-0.3, -0.25) is 4.79 Å². The molecular weight excluding hydrogens is 308 g/mol. The topological polar surface area (TPSA) is 50.1 Å². The van der Waals surface area contributed by atoms with Crippen LogP contribution in [0.2, 0.25) is 0 Å². The van der Waals surface area contributed by atoms with Crippen molar-refractivity contribution in [2.24, 2.45) is 0 Å². The molecule has 0 aliphatic heterocycles. The van der Waals surface area contributed by atoms with Gasteiger partial charge in [-0.2, -0.15) is 5.26 Å². The molecule has 1 rings (SSSR count). The van der Waals surface area contributed by atoms with Gasteiger partial charge in [-0.05, 0) is 24.6 Å². The number of rotatable bonds is 4. The van der Waals surface area contributed by atoms with E-state index in [0.29, 0.717) is 4.47 Å². The van der Waals surface area contributed by atoms with Crippen LogP contribution in [0.4, 0.5) is 8.78 Å². The monoisotopic (exact) mass is 317 g/mol. The molecule has 0 fully saturated rings. The summed E-state index contributed by atoms with van der Waals surface area (Å²) in [6.45, 7) is 1.79. The van der Waals surface area contributed by atoms with E-state index in [0.717, 1.165) is 0 Å². The fraction of sp³-hybridized carbons (Fsp3) is 0.333. The normalized spacial score (nSPS) is 10.2. The van der Waals surface area contributed by atoms with Crippen molar-refractivity contribution >= 4 is 21.9 Å². The number of alkyl halides is 2. The molecule has 0 bridgehead atoms. The molecule has 0 radical (unpaired) electrons. The van der Waals surface area contributed by atoms with E-state index in [-0.39, 0.29) is 29.7 Å². The fourth-order valence-corrected chi connectivity index (χ4v) is 1.98. The number of hydrogen-bond donors (Lipinski definition) is 0. The molecule has 0 unspecified atom stereocenters. The Balaban J connectivity index is 3.22. The van der Waals surface area contributed by atoms with Gasteiger partial charge in [-0.1, -0.05) is 15.9 Å². The molecule has 0 saturated carbocycles. The Hall–Kier alpha value is -1.48. The average molecular weight is 318 g/mol. The second-order valence-corrected chi connectivity index (χ2v) is 4.33. The first-order valence-corrected chi connectivity index (χ1v) is 5.95. The maximum Gasteiger partial charge on any atom is 0.310 e. The highest BCUT2D eigenvalue weighted by molar-refractivity contribution is 9.10. The first kappa shape index (κ1) is 14.6. The smallest absolute Gasteiger partial charge is 0.310 e. The van der Waals surface area contributed by atoms with Crippen LogP contribution >= 0.6 is 15.9 Å². The van der Waals surface area contributed by atoms with Crippen LogP contribution in [0, 0.1) is 11.3 Å². The molecule has 0 aromatic heterocycles. The summed E-state index contributed by atoms with van der Waals surface area (Å²) < 4.78 is 30.8. The quantitative estimate of drug-likeness (QED) is 0.800. The average Bonchev–Trinajstić information content (AvgIpc) is 2.30. The molecule has 0 aliphatic carbocycles. The van der Waals surface area contributed by atoms with E-state index < -0.39 is 12.4 Å². The van der Waals surface area contributed by atoms with E-state index in [4.69, 9.17) is 10.00 Å². The number of nitrogens with zero attached hydrogens (tertiary/aromatic N) is 1. The van der Waals surface area contributed by atoms with Crippen molar-refractivity contribution in [3.05, 3.63) is 33.3 Å². The minimum Gasteiger partial charge on any atom is -0.466 e. The lowest BCUT2D eigenvalue weighted by Gasteiger charge is -2.11. The van der Waals surface area contributed by atoms with Gasteiger partial charge in [-0.25, -0.2) is 8.78 Å². The highest BCUT2D eigenvalue weighted by atomic mass is 79.9. The van der Waals surface area contributed by atoms with Crippen LogP contribution in [0.1, 0.15) is 30.0 Å². The largest absolute Gasteiger partial charge is 0.466 e. The highest BCUT2D eigenvalue weighted by Crippen LogP contribution is 2.29. The number of carbonyl (C=O) groups is 1. The van der Waals surface area contributed by atoms with Gasteiger partial charge >= 0.3 is 5.97 Å². The molecule has 0 heterocycles. The van der Waals surface area contributed by atoms with Crippen molar-refractivity contribution in [3.63, 3.8) is 0 Å². The number of benzene rings is 1. The van der Waals surface area contributed by atoms with Crippen molar-refractivity contribution < 1.29 is 18.3 Å². The van der Waals surface area contributed by atoms with Gasteiger partial charge in [0.2, 0.25) is 0 Å². The summed E-state index contributed by atoms with van der Waals surface area (Å²) in [6.07, 6.45) is -3.08. The molecular formula is C12H10BrF2NO2. The van der Waals surface area contributed by atoms with Crippen molar-refractivity contribution in [2.45, 2.75) is 19.8 Å². The van der Waals surface area contributed by atoms with E-state index in [1.165, 1.54) is 12.1 Å². The molecule has 3 nitrogen and oxygen atoms in total. The third-order valence-electron chi connectivity index (χ3n) is 2.23. The molecule has 1 aromatic carbocycles. The van der Waals surface area contributed by atoms with Crippen LogP contribution in [0.3, 0.4) is 0 Å². The minimum absolute atomic E-state index is 0.0224. The van der Waals surface area contributed by atoms with Crippen molar-refractivity contribution in [1.29, 1.82) is 5.26 Å². The molecule has 0 aliphatic rings. The zero-order chi connectivity index (χ0) is 13.7. The molecule has 0 atom stereocenters. The molecule has 1 aromatic rings. The number of esters is 1. The van der Waals surface area contributed by atoms with Gasteiger partial charge in [0.25, 0.3) is 6.43 Å². The second kappa shape index (κ2) is 6.45. The maximum atomic E-state index is 12.9. The summed E-state index contributed by atoms with van der Waals surface area (Å²) in [5.41, 5.74) is -0.254. The van der Waals surface area contributed by atoms with E-state index in [2.05, 4.69) is 15.9 Å². The Kier molecular flexibility index (Phi) is 5.23. The Bertz CT molecular complexity index is 498. The van der Waals surface area contributed by atoms with Gasteiger partial charge in [-0.15, -0.1) is 0 Å². The fourth-order valence-electron chi connectivity index (χ4n) is 1.51. The molecule has 96 valence electrons. The summed E-state index contributed by atoms with van der Waals surface area (Å²) in [5, 5.41) is 8.92. The van der Waals surface area contributed by atoms with Crippen molar-refractivity contribution in [1.82, 2.24) is 0 Å². The van der Waals surface area contributed by atoms with Crippen molar-refractivity contribution in [2.75, 3.05) is 6.61 Å². The summed E-state index contributed by atoms with van der Waals surface area (Å²) in [7, 11) is 0.